The molecule has 1 aliphatic heterocycles. The number of carbonyl (C=O) groups excluding carboxylic acids is 1. The van der Waals surface area contributed by atoms with Gasteiger partial charge in [0.25, 0.3) is 5.91 Å². The minimum Gasteiger partial charge on any atom is -0.496 e. The molecular weight excluding hydrogens is 434 g/mol. The molecule has 2 aromatic carbocycles. The van der Waals surface area contributed by atoms with E-state index in [-0.39, 0.29) is 25.5 Å². The van der Waals surface area contributed by atoms with Crippen LogP contribution in [0.15, 0.2) is 48.6 Å². The minimum absolute atomic E-state index is 0.162. The van der Waals surface area contributed by atoms with Gasteiger partial charge in [0.1, 0.15) is 11.5 Å². The van der Waals surface area contributed by atoms with Crippen LogP contribution in [0.1, 0.15) is 34.8 Å². The molecule has 32 heavy (non-hydrogen) atoms. The molecule has 3 rings (SSSR count). The van der Waals surface area contributed by atoms with Crippen molar-refractivity contribution < 1.29 is 28.9 Å². The fraction of sp³-hybridized carbons (Fsp3) is 0.333. The summed E-state index contributed by atoms with van der Waals surface area (Å²) in [6.07, 6.45) is 4.30. The normalized spacial score (nSPS) is 17.2. The van der Waals surface area contributed by atoms with Crippen LogP contribution in [-0.2, 0) is 22.5 Å². The molecule has 1 unspecified atom stereocenters. The van der Waals surface area contributed by atoms with Gasteiger partial charge in [-0.3, -0.25) is 4.79 Å². The van der Waals surface area contributed by atoms with Gasteiger partial charge < -0.3 is 24.6 Å². The van der Waals surface area contributed by atoms with Crippen LogP contribution in [0.5, 0.6) is 11.5 Å². The van der Waals surface area contributed by atoms with Crippen LogP contribution in [-0.4, -0.2) is 42.9 Å². The molecule has 1 amide bonds. The van der Waals surface area contributed by atoms with Crippen molar-refractivity contribution >= 4 is 23.5 Å². The fourth-order valence-corrected chi connectivity index (χ4v) is 3.70. The highest BCUT2D eigenvalue weighted by Crippen LogP contribution is 2.28. The SMILES string of the molecule is CCCOc1ccc(C(=O)NCc2cc(CC3(C(=O)O)C=CCO3)ccc2OC)c(Cl)c1. The van der Waals surface area contributed by atoms with Gasteiger partial charge in [-0.1, -0.05) is 36.7 Å². The number of halogens is 1. The van der Waals surface area contributed by atoms with Gasteiger partial charge in [0.15, 0.2) is 5.60 Å². The summed E-state index contributed by atoms with van der Waals surface area (Å²) in [5.41, 5.74) is 0.406. The number of hydrogen-bond donors (Lipinski definition) is 2. The molecule has 0 aromatic heterocycles. The zero-order valence-electron chi connectivity index (χ0n) is 18.0. The van der Waals surface area contributed by atoms with E-state index in [0.29, 0.717) is 34.3 Å². The number of aliphatic carboxylic acids is 1. The predicted molar refractivity (Wildman–Crippen MR) is 121 cm³/mol. The average Bonchev–Trinajstić information content (AvgIpc) is 3.26. The molecule has 8 heteroatoms. The van der Waals surface area contributed by atoms with E-state index in [1.54, 1.807) is 42.5 Å². The summed E-state index contributed by atoms with van der Waals surface area (Å²) in [5, 5.41) is 12.7. The van der Waals surface area contributed by atoms with Crippen molar-refractivity contribution in [2.45, 2.75) is 31.9 Å². The maximum atomic E-state index is 12.7. The molecular formula is C24H26ClNO6. The van der Waals surface area contributed by atoms with Crippen LogP contribution >= 0.6 is 11.6 Å². The number of amides is 1. The number of carboxylic acid groups (broad SMARTS) is 1. The number of carboxylic acids is 1. The Morgan fingerprint density at radius 1 is 1.25 bits per heavy atom. The molecule has 170 valence electrons. The third-order valence-corrected chi connectivity index (χ3v) is 5.41. The maximum Gasteiger partial charge on any atom is 0.340 e. The number of hydrogen-bond acceptors (Lipinski definition) is 5. The van der Waals surface area contributed by atoms with E-state index < -0.39 is 11.6 Å². The zero-order valence-corrected chi connectivity index (χ0v) is 18.8. The van der Waals surface area contributed by atoms with E-state index in [1.807, 2.05) is 13.0 Å². The smallest absolute Gasteiger partial charge is 0.340 e. The van der Waals surface area contributed by atoms with Gasteiger partial charge in [0.2, 0.25) is 0 Å². The van der Waals surface area contributed by atoms with Gasteiger partial charge in [0.05, 0.1) is 30.9 Å². The number of nitrogens with one attached hydrogen (secondary N) is 1. The van der Waals surface area contributed by atoms with Crippen LogP contribution < -0.4 is 14.8 Å². The van der Waals surface area contributed by atoms with Gasteiger partial charge in [-0.15, -0.1) is 0 Å². The lowest BCUT2D eigenvalue weighted by molar-refractivity contribution is -0.156. The largest absolute Gasteiger partial charge is 0.496 e. The Hall–Kier alpha value is -3.03. The molecule has 0 saturated carbocycles. The summed E-state index contributed by atoms with van der Waals surface area (Å²) in [5.74, 6) is -0.194. The molecule has 0 aliphatic carbocycles. The third kappa shape index (κ3) is 5.41. The summed E-state index contributed by atoms with van der Waals surface area (Å²) in [7, 11) is 1.54. The highest BCUT2D eigenvalue weighted by atomic mass is 35.5. The van der Waals surface area contributed by atoms with Crippen LogP contribution in [0.25, 0.3) is 0 Å². The fourth-order valence-electron chi connectivity index (χ4n) is 3.45. The molecule has 0 bridgehead atoms. The minimum atomic E-state index is -1.38. The Morgan fingerprint density at radius 2 is 2.06 bits per heavy atom. The highest BCUT2D eigenvalue weighted by molar-refractivity contribution is 6.34. The summed E-state index contributed by atoms with van der Waals surface area (Å²) < 4.78 is 16.4. The molecule has 1 heterocycles. The van der Waals surface area contributed by atoms with Crippen molar-refractivity contribution in [1.82, 2.24) is 5.32 Å². The highest BCUT2D eigenvalue weighted by Gasteiger charge is 2.39. The summed E-state index contributed by atoms with van der Waals surface area (Å²) in [4.78, 5) is 24.4. The van der Waals surface area contributed by atoms with E-state index in [2.05, 4.69) is 5.32 Å². The van der Waals surface area contributed by atoms with E-state index in [0.717, 1.165) is 12.0 Å². The van der Waals surface area contributed by atoms with E-state index in [9.17, 15) is 14.7 Å². The second-order valence-corrected chi connectivity index (χ2v) is 7.81. The van der Waals surface area contributed by atoms with E-state index in [4.69, 9.17) is 25.8 Å². The van der Waals surface area contributed by atoms with Crippen molar-refractivity contribution in [3.63, 3.8) is 0 Å². The van der Waals surface area contributed by atoms with Crippen LogP contribution in [0.2, 0.25) is 5.02 Å². The Bertz CT molecular complexity index is 1020. The molecule has 1 aliphatic rings. The number of rotatable bonds is 10. The van der Waals surface area contributed by atoms with Crippen molar-refractivity contribution in [3.8, 4) is 11.5 Å². The first-order valence-electron chi connectivity index (χ1n) is 10.3. The van der Waals surface area contributed by atoms with Crippen molar-refractivity contribution in [1.29, 1.82) is 0 Å². The Morgan fingerprint density at radius 3 is 2.69 bits per heavy atom. The number of ether oxygens (including phenoxy) is 3. The first kappa shape index (κ1) is 23.6. The molecule has 2 N–H and O–H groups in total. The summed E-state index contributed by atoms with van der Waals surface area (Å²) >= 11 is 6.27. The summed E-state index contributed by atoms with van der Waals surface area (Å²) in [6.45, 7) is 3.01. The van der Waals surface area contributed by atoms with E-state index in [1.165, 1.54) is 7.11 Å². The van der Waals surface area contributed by atoms with Gasteiger partial charge >= 0.3 is 5.97 Å². The molecule has 1 atom stereocenters. The second kappa shape index (κ2) is 10.5. The van der Waals surface area contributed by atoms with Crippen molar-refractivity contribution in [3.05, 3.63) is 70.3 Å². The lowest BCUT2D eigenvalue weighted by Crippen LogP contribution is -2.39. The molecule has 2 aromatic rings. The Balaban J connectivity index is 1.73. The van der Waals surface area contributed by atoms with Gasteiger partial charge in [-0.25, -0.2) is 4.79 Å². The summed E-state index contributed by atoms with van der Waals surface area (Å²) in [6, 6.07) is 10.3. The van der Waals surface area contributed by atoms with Crippen molar-refractivity contribution in [2.75, 3.05) is 20.3 Å². The van der Waals surface area contributed by atoms with Gasteiger partial charge in [-0.05, 0) is 42.3 Å². The number of benzene rings is 2. The molecule has 0 spiro atoms. The molecule has 7 nitrogen and oxygen atoms in total. The zero-order chi connectivity index (χ0) is 23.1. The lowest BCUT2D eigenvalue weighted by atomic mass is 9.93. The molecule has 0 saturated heterocycles. The number of carbonyl (C=O) groups is 2. The van der Waals surface area contributed by atoms with Crippen molar-refractivity contribution in [2.24, 2.45) is 0 Å². The van der Waals surface area contributed by atoms with Crippen LogP contribution in [0.4, 0.5) is 0 Å². The molecule has 0 radical (unpaired) electrons. The van der Waals surface area contributed by atoms with Crippen LogP contribution in [0.3, 0.4) is 0 Å². The monoisotopic (exact) mass is 459 g/mol. The topological polar surface area (TPSA) is 94.1 Å². The first-order valence-corrected chi connectivity index (χ1v) is 10.7. The lowest BCUT2D eigenvalue weighted by Gasteiger charge is -2.22. The second-order valence-electron chi connectivity index (χ2n) is 7.40. The van der Waals surface area contributed by atoms with E-state index >= 15 is 0 Å². The quantitative estimate of drug-likeness (QED) is 0.521. The standard InChI is InChI=1S/C24H26ClNO6/c1-3-10-31-18-6-7-19(20(25)13-18)22(27)26-15-17-12-16(5-8-21(17)30-2)14-24(23(28)29)9-4-11-32-24/h4-9,12-13H,3,10-11,14-15H2,1-2H3,(H,26,27)(H,28,29). The average molecular weight is 460 g/mol. The third-order valence-electron chi connectivity index (χ3n) is 5.10. The first-order chi connectivity index (χ1) is 15.4. The van der Waals surface area contributed by atoms with Gasteiger partial charge in [0, 0.05) is 18.5 Å². The number of methoxy groups -OCH3 is 1. The van der Waals surface area contributed by atoms with Crippen LogP contribution in [0, 0.1) is 0 Å². The predicted octanol–water partition coefficient (Wildman–Crippen LogP) is 4.02. The van der Waals surface area contributed by atoms with Gasteiger partial charge in [-0.2, -0.15) is 0 Å². The Kier molecular flexibility index (Phi) is 7.77. The maximum absolute atomic E-state index is 12.7. The Labute approximate surface area is 191 Å². The molecule has 0 fully saturated rings.